The quantitative estimate of drug-likeness (QED) is 0.748. The van der Waals surface area contributed by atoms with E-state index in [1.165, 1.54) is 6.42 Å². The average molecular weight is 228 g/mol. The highest BCUT2D eigenvalue weighted by atomic mass is 16.3. The van der Waals surface area contributed by atoms with Crippen LogP contribution in [0.15, 0.2) is 0 Å². The van der Waals surface area contributed by atoms with Gasteiger partial charge >= 0.3 is 0 Å². The maximum Gasteiger partial charge on any atom is 0.0869 e. The molecule has 0 aromatic rings. The van der Waals surface area contributed by atoms with Crippen LogP contribution in [0, 0.1) is 5.92 Å². The number of hydrogen-bond donors (Lipinski definition) is 2. The van der Waals surface area contributed by atoms with Crippen LogP contribution in [0.2, 0.25) is 0 Å². The van der Waals surface area contributed by atoms with Gasteiger partial charge in [-0.15, -0.1) is 0 Å². The van der Waals surface area contributed by atoms with Crippen molar-refractivity contribution in [2.75, 3.05) is 19.6 Å². The van der Waals surface area contributed by atoms with Gasteiger partial charge in [0.15, 0.2) is 0 Å². The number of nitrogens with zero attached hydrogens (tertiary/aromatic N) is 1. The normalized spacial score (nSPS) is 30.9. The van der Waals surface area contributed by atoms with Crippen molar-refractivity contribution in [1.82, 2.24) is 10.2 Å². The zero-order chi connectivity index (χ0) is 12.3. The molecule has 0 radical (unpaired) electrons. The van der Waals surface area contributed by atoms with Crippen LogP contribution in [0.25, 0.3) is 0 Å². The van der Waals surface area contributed by atoms with E-state index < -0.39 is 5.60 Å². The maximum atomic E-state index is 10.3. The second kappa shape index (κ2) is 5.48. The van der Waals surface area contributed by atoms with Crippen LogP contribution in [-0.2, 0) is 0 Å². The van der Waals surface area contributed by atoms with Crippen LogP contribution in [0.1, 0.15) is 41.0 Å². The minimum Gasteiger partial charge on any atom is -0.388 e. The molecule has 1 heterocycles. The summed E-state index contributed by atoms with van der Waals surface area (Å²) in [6.45, 7) is 13.3. The molecule has 1 saturated heterocycles. The molecule has 2 N–H and O–H groups in total. The van der Waals surface area contributed by atoms with Crippen LogP contribution in [0.4, 0.5) is 0 Å². The van der Waals surface area contributed by atoms with Crippen molar-refractivity contribution in [2.24, 2.45) is 5.92 Å². The molecule has 1 rings (SSSR count). The molecule has 1 aliphatic heterocycles. The first-order valence-electron chi connectivity index (χ1n) is 6.50. The van der Waals surface area contributed by atoms with Gasteiger partial charge in [0.1, 0.15) is 0 Å². The monoisotopic (exact) mass is 228 g/mol. The highest BCUT2D eigenvalue weighted by molar-refractivity contribution is 4.87. The van der Waals surface area contributed by atoms with Gasteiger partial charge in [0.25, 0.3) is 0 Å². The Morgan fingerprint density at radius 2 is 2.06 bits per heavy atom. The fourth-order valence-electron chi connectivity index (χ4n) is 2.52. The largest absolute Gasteiger partial charge is 0.388 e. The number of hydrogen-bond acceptors (Lipinski definition) is 3. The Labute approximate surface area is 100 Å². The second-order valence-electron chi connectivity index (χ2n) is 6.15. The first-order chi connectivity index (χ1) is 7.30. The van der Waals surface area contributed by atoms with E-state index in [1.54, 1.807) is 0 Å². The predicted octanol–water partition coefficient (Wildman–Crippen LogP) is 1.47. The molecular weight excluding hydrogens is 200 g/mol. The zero-order valence-corrected chi connectivity index (χ0v) is 11.5. The molecule has 1 aliphatic rings. The molecule has 0 amide bonds. The van der Waals surface area contributed by atoms with Crippen molar-refractivity contribution in [3.05, 3.63) is 0 Å². The van der Waals surface area contributed by atoms with Gasteiger partial charge in [-0.2, -0.15) is 0 Å². The zero-order valence-electron chi connectivity index (χ0n) is 11.5. The highest BCUT2D eigenvalue weighted by Crippen LogP contribution is 2.23. The minimum atomic E-state index is -0.622. The van der Waals surface area contributed by atoms with Crippen molar-refractivity contribution < 1.29 is 5.11 Å². The van der Waals surface area contributed by atoms with E-state index in [-0.39, 0.29) is 0 Å². The van der Waals surface area contributed by atoms with E-state index in [0.29, 0.717) is 18.6 Å². The molecule has 0 aliphatic carbocycles. The van der Waals surface area contributed by atoms with Gasteiger partial charge in [-0.1, -0.05) is 20.8 Å². The average Bonchev–Trinajstić information content (AvgIpc) is 2.41. The van der Waals surface area contributed by atoms with Crippen LogP contribution >= 0.6 is 0 Å². The lowest BCUT2D eigenvalue weighted by Gasteiger charge is -2.32. The first-order valence-corrected chi connectivity index (χ1v) is 6.50. The Morgan fingerprint density at radius 3 is 2.50 bits per heavy atom. The van der Waals surface area contributed by atoms with Crippen molar-refractivity contribution >= 4 is 0 Å². The molecule has 0 aromatic carbocycles. The van der Waals surface area contributed by atoms with Gasteiger partial charge in [-0.05, 0) is 26.2 Å². The van der Waals surface area contributed by atoms with Gasteiger partial charge in [0.05, 0.1) is 5.60 Å². The third-order valence-electron chi connectivity index (χ3n) is 3.35. The Morgan fingerprint density at radius 1 is 1.44 bits per heavy atom. The molecule has 0 bridgehead atoms. The van der Waals surface area contributed by atoms with Crippen molar-refractivity contribution in [2.45, 2.75) is 58.7 Å². The molecule has 16 heavy (non-hydrogen) atoms. The topological polar surface area (TPSA) is 35.5 Å². The fourth-order valence-corrected chi connectivity index (χ4v) is 2.52. The fraction of sp³-hybridized carbons (Fsp3) is 1.00. The molecule has 3 unspecified atom stereocenters. The molecule has 96 valence electrons. The van der Waals surface area contributed by atoms with Crippen LogP contribution in [0.3, 0.4) is 0 Å². The molecule has 0 aromatic heterocycles. The Hall–Kier alpha value is -0.120. The Bertz CT molecular complexity index is 216. The number of β-amino-alcohol motifs (C(OH)–C–C–N with tert-alkyl or cyclic N) is 1. The summed E-state index contributed by atoms with van der Waals surface area (Å²) < 4.78 is 0. The predicted molar refractivity (Wildman–Crippen MR) is 68.6 cm³/mol. The van der Waals surface area contributed by atoms with Gasteiger partial charge in [-0.25, -0.2) is 0 Å². The van der Waals surface area contributed by atoms with Crippen LogP contribution in [0.5, 0.6) is 0 Å². The molecule has 3 atom stereocenters. The lowest BCUT2D eigenvalue weighted by atomic mass is 10.1. The summed E-state index contributed by atoms with van der Waals surface area (Å²) in [6, 6.07) is 1.04. The summed E-state index contributed by atoms with van der Waals surface area (Å²) in [7, 11) is 0. The van der Waals surface area contributed by atoms with E-state index >= 15 is 0 Å². The molecule has 0 spiro atoms. The lowest BCUT2D eigenvalue weighted by molar-refractivity contribution is 0.0161. The standard InChI is InChI=1S/C13H28N2O/c1-10(2)14-8-13(5,16)9-15-7-11(3)6-12(15)4/h10-12,14,16H,6-9H2,1-5H3. The van der Waals surface area contributed by atoms with Gasteiger partial charge in [0, 0.05) is 31.7 Å². The molecule has 0 saturated carbocycles. The summed E-state index contributed by atoms with van der Waals surface area (Å²) in [4.78, 5) is 2.41. The third kappa shape index (κ3) is 4.40. The minimum absolute atomic E-state index is 0.432. The summed E-state index contributed by atoms with van der Waals surface area (Å²) in [6.07, 6.45) is 1.26. The third-order valence-corrected chi connectivity index (χ3v) is 3.35. The molecule has 3 heteroatoms. The van der Waals surface area contributed by atoms with E-state index in [9.17, 15) is 5.11 Å². The van der Waals surface area contributed by atoms with Crippen molar-refractivity contribution in [3.63, 3.8) is 0 Å². The van der Waals surface area contributed by atoms with Gasteiger partial charge in [-0.3, -0.25) is 4.90 Å². The molecule has 1 fully saturated rings. The van der Waals surface area contributed by atoms with Gasteiger partial charge in [0.2, 0.25) is 0 Å². The van der Waals surface area contributed by atoms with E-state index in [2.05, 4.69) is 37.9 Å². The van der Waals surface area contributed by atoms with Crippen LogP contribution in [-0.4, -0.2) is 47.3 Å². The number of aliphatic hydroxyl groups is 1. The van der Waals surface area contributed by atoms with E-state index in [1.807, 2.05) is 6.92 Å². The summed E-state index contributed by atoms with van der Waals surface area (Å²) >= 11 is 0. The SMILES string of the molecule is CC1CC(C)N(CC(C)(O)CNC(C)C)C1. The molecular formula is C13H28N2O. The van der Waals surface area contributed by atoms with E-state index in [0.717, 1.165) is 19.0 Å². The smallest absolute Gasteiger partial charge is 0.0869 e. The second-order valence-corrected chi connectivity index (χ2v) is 6.15. The lowest BCUT2D eigenvalue weighted by Crippen LogP contribution is -2.49. The Kier molecular flexibility index (Phi) is 4.77. The Balaban J connectivity index is 2.39. The van der Waals surface area contributed by atoms with Crippen molar-refractivity contribution in [3.8, 4) is 0 Å². The van der Waals surface area contributed by atoms with E-state index in [4.69, 9.17) is 0 Å². The summed E-state index contributed by atoms with van der Waals surface area (Å²) in [5.41, 5.74) is -0.622. The van der Waals surface area contributed by atoms with Crippen LogP contribution < -0.4 is 5.32 Å². The number of nitrogens with one attached hydrogen (secondary N) is 1. The van der Waals surface area contributed by atoms with Gasteiger partial charge < -0.3 is 10.4 Å². The molecule has 3 nitrogen and oxygen atoms in total. The first kappa shape index (κ1) is 13.9. The number of likely N-dealkylation sites (tertiary alicyclic amines) is 1. The summed E-state index contributed by atoms with van der Waals surface area (Å²) in [5, 5.41) is 13.6. The highest BCUT2D eigenvalue weighted by Gasteiger charge is 2.32. The summed E-state index contributed by atoms with van der Waals surface area (Å²) in [5.74, 6) is 0.767. The van der Waals surface area contributed by atoms with Crippen molar-refractivity contribution in [1.29, 1.82) is 0 Å². The maximum absolute atomic E-state index is 10.3. The number of rotatable bonds is 5.